The molecule has 1 aliphatic heterocycles. The molecule has 1 aliphatic carbocycles. The molecule has 0 amide bonds. The number of hydrogen-bond acceptors (Lipinski definition) is 2. The van der Waals surface area contributed by atoms with E-state index in [0.717, 1.165) is 18.4 Å². The van der Waals surface area contributed by atoms with Crippen LogP contribution in [0.5, 0.6) is 0 Å². The third-order valence-electron chi connectivity index (χ3n) is 3.99. The monoisotopic (exact) mass is 236 g/mol. The number of fused-ring (bicyclic) bond motifs is 3. The van der Waals surface area contributed by atoms with Crippen LogP contribution in [0.1, 0.15) is 27.0 Å². The van der Waals surface area contributed by atoms with E-state index in [-0.39, 0.29) is 5.97 Å². The normalized spacial score (nSPS) is 23.9. The second-order valence-corrected chi connectivity index (χ2v) is 5.05. The van der Waals surface area contributed by atoms with E-state index in [2.05, 4.69) is 12.1 Å². The second-order valence-electron chi connectivity index (χ2n) is 5.05. The Morgan fingerprint density at radius 2 is 1.56 bits per heavy atom. The molecule has 1 heterocycles. The summed E-state index contributed by atoms with van der Waals surface area (Å²) in [6.07, 6.45) is 1.63. The van der Waals surface area contributed by atoms with Gasteiger partial charge in [-0.15, -0.1) is 0 Å². The SMILES string of the molecule is O=C1OC2(Cc3ccccc31)Cc1ccccc12. The largest absolute Gasteiger partial charge is 0.450 e. The summed E-state index contributed by atoms with van der Waals surface area (Å²) in [5.41, 5.74) is 3.88. The van der Waals surface area contributed by atoms with E-state index in [0.29, 0.717) is 5.56 Å². The van der Waals surface area contributed by atoms with Crippen molar-refractivity contribution in [3.63, 3.8) is 0 Å². The Morgan fingerprint density at radius 3 is 2.39 bits per heavy atom. The number of esters is 1. The highest BCUT2D eigenvalue weighted by molar-refractivity contribution is 5.93. The van der Waals surface area contributed by atoms with Gasteiger partial charge in [0.25, 0.3) is 0 Å². The van der Waals surface area contributed by atoms with Crippen molar-refractivity contribution in [2.24, 2.45) is 0 Å². The summed E-state index contributed by atoms with van der Waals surface area (Å²) in [5.74, 6) is -0.189. The summed E-state index contributed by atoms with van der Waals surface area (Å²) in [4.78, 5) is 12.1. The summed E-state index contributed by atoms with van der Waals surface area (Å²) >= 11 is 0. The first-order chi connectivity index (χ1) is 8.78. The van der Waals surface area contributed by atoms with Crippen molar-refractivity contribution < 1.29 is 9.53 Å². The Morgan fingerprint density at radius 1 is 0.889 bits per heavy atom. The van der Waals surface area contributed by atoms with Crippen molar-refractivity contribution in [1.29, 1.82) is 0 Å². The van der Waals surface area contributed by atoms with Gasteiger partial charge >= 0.3 is 5.97 Å². The van der Waals surface area contributed by atoms with Crippen molar-refractivity contribution in [3.05, 3.63) is 70.8 Å². The van der Waals surface area contributed by atoms with E-state index in [9.17, 15) is 4.79 Å². The molecule has 0 bridgehead atoms. The maximum Gasteiger partial charge on any atom is 0.339 e. The van der Waals surface area contributed by atoms with Crippen LogP contribution < -0.4 is 0 Å². The molecule has 1 unspecified atom stereocenters. The highest BCUT2D eigenvalue weighted by Crippen LogP contribution is 2.47. The van der Waals surface area contributed by atoms with Gasteiger partial charge in [0.1, 0.15) is 5.60 Å². The lowest BCUT2D eigenvalue weighted by molar-refractivity contribution is -0.0412. The third-order valence-corrected chi connectivity index (χ3v) is 3.99. The van der Waals surface area contributed by atoms with Gasteiger partial charge < -0.3 is 4.74 Å². The van der Waals surface area contributed by atoms with E-state index in [1.54, 1.807) is 0 Å². The highest BCUT2D eigenvalue weighted by atomic mass is 16.6. The number of rotatable bonds is 0. The predicted octanol–water partition coefficient (Wildman–Crippen LogP) is 2.85. The summed E-state index contributed by atoms with van der Waals surface area (Å²) in [5, 5.41) is 0. The van der Waals surface area contributed by atoms with Gasteiger partial charge in [0.05, 0.1) is 5.56 Å². The summed E-state index contributed by atoms with van der Waals surface area (Å²) < 4.78 is 5.72. The smallest absolute Gasteiger partial charge is 0.339 e. The molecular formula is C16H12O2. The molecular weight excluding hydrogens is 224 g/mol. The molecule has 0 aromatic heterocycles. The van der Waals surface area contributed by atoms with Crippen LogP contribution in [0.25, 0.3) is 0 Å². The Bertz CT molecular complexity index is 660. The first-order valence-corrected chi connectivity index (χ1v) is 6.18. The van der Waals surface area contributed by atoms with Crippen LogP contribution in [-0.2, 0) is 23.2 Å². The molecule has 0 saturated carbocycles. The molecule has 0 saturated heterocycles. The molecule has 18 heavy (non-hydrogen) atoms. The summed E-state index contributed by atoms with van der Waals surface area (Å²) in [6, 6.07) is 15.9. The number of carbonyl (C=O) groups excluding carboxylic acids is 1. The molecule has 2 heteroatoms. The van der Waals surface area contributed by atoms with E-state index >= 15 is 0 Å². The van der Waals surface area contributed by atoms with Crippen molar-refractivity contribution in [3.8, 4) is 0 Å². The molecule has 2 aromatic carbocycles. The van der Waals surface area contributed by atoms with Crippen LogP contribution in [0, 0.1) is 0 Å². The van der Waals surface area contributed by atoms with Crippen molar-refractivity contribution >= 4 is 5.97 Å². The first-order valence-electron chi connectivity index (χ1n) is 6.18. The number of hydrogen-bond donors (Lipinski definition) is 0. The van der Waals surface area contributed by atoms with E-state index in [1.807, 2.05) is 36.4 Å². The lowest BCUT2D eigenvalue weighted by atomic mass is 9.68. The second kappa shape index (κ2) is 3.22. The fourth-order valence-corrected chi connectivity index (χ4v) is 3.11. The zero-order valence-electron chi connectivity index (χ0n) is 9.85. The Balaban J connectivity index is 1.83. The summed E-state index contributed by atoms with van der Waals surface area (Å²) in [7, 11) is 0. The molecule has 1 spiro atoms. The van der Waals surface area contributed by atoms with Crippen molar-refractivity contribution in [2.45, 2.75) is 18.4 Å². The zero-order valence-corrected chi connectivity index (χ0v) is 9.85. The molecule has 1 atom stereocenters. The molecule has 0 N–H and O–H groups in total. The predicted molar refractivity (Wildman–Crippen MR) is 67.4 cm³/mol. The maximum atomic E-state index is 12.1. The molecule has 4 rings (SSSR count). The number of carbonyl (C=O) groups is 1. The van der Waals surface area contributed by atoms with Crippen LogP contribution in [0.3, 0.4) is 0 Å². The van der Waals surface area contributed by atoms with Crippen molar-refractivity contribution in [1.82, 2.24) is 0 Å². The zero-order chi connectivity index (χ0) is 12.2. The molecule has 88 valence electrons. The molecule has 2 nitrogen and oxygen atoms in total. The Hall–Kier alpha value is -2.09. The topological polar surface area (TPSA) is 26.3 Å². The van der Waals surface area contributed by atoms with Crippen molar-refractivity contribution in [2.75, 3.05) is 0 Å². The minimum Gasteiger partial charge on any atom is -0.450 e. The minimum atomic E-state index is -0.401. The lowest BCUT2D eigenvalue weighted by Crippen LogP contribution is -2.47. The van der Waals surface area contributed by atoms with Crippen LogP contribution >= 0.6 is 0 Å². The molecule has 2 aromatic rings. The van der Waals surface area contributed by atoms with Gasteiger partial charge in [0.15, 0.2) is 0 Å². The Labute approximate surface area is 105 Å². The van der Waals surface area contributed by atoms with E-state index in [4.69, 9.17) is 4.74 Å². The highest BCUT2D eigenvalue weighted by Gasteiger charge is 2.49. The number of ether oxygens (including phenoxy) is 1. The quantitative estimate of drug-likeness (QED) is 0.657. The van der Waals surface area contributed by atoms with Gasteiger partial charge in [0.2, 0.25) is 0 Å². The van der Waals surface area contributed by atoms with Crippen LogP contribution in [0.2, 0.25) is 0 Å². The standard InChI is InChI=1S/C16H12O2/c17-15-13-7-3-1-5-11(13)9-16(18-15)10-12-6-2-4-8-14(12)16/h1-8H,9-10H2. The molecule has 0 fully saturated rings. The maximum absolute atomic E-state index is 12.1. The van der Waals surface area contributed by atoms with E-state index < -0.39 is 5.60 Å². The lowest BCUT2D eigenvalue weighted by Gasteiger charge is -2.45. The minimum absolute atomic E-state index is 0.189. The van der Waals surface area contributed by atoms with Gasteiger partial charge in [-0.25, -0.2) is 4.79 Å². The number of benzene rings is 2. The molecule has 2 aliphatic rings. The Kier molecular flexibility index (Phi) is 1.77. The van der Waals surface area contributed by atoms with Gasteiger partial charge in [-0.05, 0) is 22.8 Å². The van der Waals surface area contributed by atoms with Gasteiger partial charge in [0, 0.05) is 12.8 Å². The van der Waals surface area contributed by atoms with Gasteiger partial charge in [-0.1, -0.05) is 42.5 Å². The first kappa shape index (κ1) is 9.89. The van der Waals surface area contributed by atoms with Crippen LogP contribution in [0.4, 0.5) is 0 Å². The van der Waals surface area contributed by atoms with E-state index in [1.165, 1.54) is 11.1 Å². The van der Waals surface area contributed by atoms with Crippen LogP contribution in [-0.4, -0.2) is 5.97 Å². The fourth-order valence-electron chi connectivity index (χ4n) is 3.11. The van der Waals surface area contributed by atoms with Gasteiger partial charge in [-0.2, -0.15) is 0 Å². The van der Waals surface area contributed by atoms with Gasteiger partial charge in [-0.3, -0.25) is 0 Å². The average molecular weight is 236 g/mol. The van der Waals surface area contributed by atoms with Crippen LogP contribution in [0.15, 0.2) is 48.5 Å². The average Bonchev–Trinajstić information content (AvgIpc) is 2.38. The molecule has 0 radical (unpaired) electrons. The third kappa shape index (κ3) is 1.15. The summed E-state index contributed by atoms with van der Waals surface area (Å²) in [6.45, 7) is 0. The fraction of sp³-hybridized carbons (Fsp3) is 0.188.